The normalized spacial score (nSPS) is 17.8. The number of phenolic OH excluding ortho intramolecular Hbond substituents is 3. The van der Waals surface area contributed by atoms with Gasteiger partial charge in [0, 0.05) is 17.5 Å². The van der Waals surface area contributed by atoms with E-state index >= 15 is 0 Å². The standard InChI is InChI=1S/C28H29NO6/c30-21-13-11-19(12-14-21)27(33)29-23-9-5-2-6-10-26(23)35-28(34)20-16-24(31)22(25(32)17-20)15-18-7-3-1-4-8-18/h1,3-4,7-8,11-14,16-17,23,26,30-32H,2,5-6,9-10,15H2,(H,29,33)/t23-,26-/m1/s1. The predicted octanol–water partition coefficient (Wildman–Crippen LogP) is 4.68. The summed E-state index contributed by atoms with van der Waals surface area (Å²) < 4.78 is 5.78. The third-order valence-corrected chi connectivity index (χ3v) is 6.32. The number of carbonyl (C=O) groups is 2. The van der Waals surface area contributed by atoms with Crippen LogP contribution in [0.3, 0.4) is 0 Å². The van der Waals surface area contributed by atoms with E-state index in [0.29, 0.717) is 30.4 Å². The van der Waals surface area contributed by atoms with Crippen molar-refractivity contribution < 1.29 is 29.6 Å². The van der Waals surface area contributed by atoms with Crippen LogP contribution in [0.25, 0.3) is 0 Å². The number of benzene rings is 3. The predicted molar refractivity (Wildman–Crippen MR) is 131 cm³/mol. The number of ether oxygens (including phenoxy) is 1. The Kier molecular flexibility index (Phi) is 7.55. The minimum Gasteiger partial charge on any atom is -0.508 e. The van der Waals surface area contributed by atoms with Gasteiger partial charge in [-0.2, -0.15) is 0 Å². The van der Waals surface area contributed by atoms with Gasteiger partial charge in [0.15, 0.2) is 0 Å². The highest BCUT2D eigenvalue weighted by Crippen LogP contribution is 2.32. The Labute approximate surface area is 204 Å². The Morgan fingerprint density at radius 2 is 1.49 bits per heavy atom. The number of esters is 1. The highest BCUT2D eigenvalue weighted by atomic mass is 16.5. The van der Waals surface area contributed by atoms with E-state index in [-0.39, 0.29) is 34.8 Å². The maximum absolute atomic E-state index is 13.0. The van der Waals surface area contributed by atoms with E-state index in [1.54, 1.807) is 0 Å². The molecule has 0 aliphatic heterocycles. The Morgan fingerprint density at radius 1 is 0.829 bits per heavy atom. The van der Waals surface area contributed by atoms with Crippen molar-refractivity contribution in [3.63, 3.8) is 0 Å². The molecule has 7 heteroatoms. The van der Waals surface area contributed by atoms with Crippen LogP contribution in [0, 0.1) is 0 Å². The summed E-state index contributed by atoms with van der Waals surface area (Å²) in [7, 11) is 0. The summed E-state index contributed by atoms with van der Waals surface area (Å²) in [6, 6.07) is 17.6. The van der Waals surface area contributed by atoms with Gasteiger partial charge in [0.2, 0.25) is 0 Å². The monoisotopic (exact) mass is 475 g/mol. The van der Waals surface area contributed by atoms with E-state index in [1.807, 2.05) is 30.3 Å². The fraction of sp³-hybridized carbons (Fsp3) is 0.286. The molecule has 1 aliphatic carbocycles. The van der Waals surface area contributed by atoms with Crippen LogP contribution in [0.2, 0.25) is 0 Å². The van der Waals surface area contributed by atoms with Gasteiger partial charge < -0.3 is 25.4 Å². The molecule has 0 radical (unpaired) electrons. The van der Waals surface area contributed by atoms with Crippen molar-refractivity contribution in [3.05, 3.63) is 89.0 Å². The van der Waals surface area contributed by atoms with E-state index in [2.05, 4.69) is 5.32 Å². The van der Waals surface area contributed by atoms with Crippen molar-refractivity contribution in [3.8, 4) is 17.2 Å². The van der Waals surface area contributed by atoms with Crippen LogP contribution in [0.15, 0.2) is 66.7 Å². The number of hydrogen-bond acceptors (Lipinski definition) is 6. The highest BCUT2D eigenvalue weighted by molar-refractivity contribution is 5.94. The molecule has 182 valence electrons. The fourth-order valence-electron chi connectivity index (χ4n) is 4.39. The van der Waals surface area contributed by atoms with E-state index in [9.17, 15) is 24.9 Å². The molecule has 3 aromatic carbocycles. The number of phenols is 3. The second-order valence-electron chi connectivity index (χ2n) is 8.86. The molecule has 3 aromatic rings. The van der Waals surface area contributed by atoms with Gasteiger partial charge in [-0.15, -0.1) is 0 Å². The zero-order valence-corrected chi connectivity index (χ0v) is 19.3. The topological polar surface area (TPSA) is 116 Å². The Bertz CT molecular complexity index is 1150. The smallest absolute Gasteiger partial charge is 0.338 e. The quantitative estimate of drug-likeness (QED) is 0.304. The molecule has 0 unspecified atom stereocenters. The lowest BCUT2D eigenvalue weighted by Gasteiger charge is -2.26. The van der Waals surface area contributed by atoms with E-state index in [0.717, 1.165) is 24.8 Å². The molecule has 1 amide bonds. The summed E-state index contributed by atoms with van der Waals surface area (Å²) in [6.07, 6.45) is 3.75. The zero-order chi connectivity index (χ0) is 24.8. The summed E-state index contributed by atoms with van der Waals surface area (Å²) in [4.78, 5) is 25.7. The number of rotatable bonds is 6. The summed E-state index contributed by atoms with van der Waals surface area (Å²) >= 11 is 0. The number of nitrogens with one attached hydrogen (secondary N) is 1. The van der Waals surface area contributed by atoms with Gasteiger partial charge in [0.05, 0.1) is 11.6 Å². The fourth-order valence-corrected chi connectivity index (χ4v) is 4.39. The van der Waals surface area contributed by atoms with E-state index in [1.165, 1.54) is 36.4 Å². The van der Waals surface area contributed by atoms with Crippen molar-refractivity contribution in [1.82, 2.24) is 5.32 Å². The molecular weight excluding hydrogens is 446 g/mol. The first-order chi connectivity index (χ1) is 16.9. The van der Waals surface area contributed by atoms with Gasteiger partial charge in [0.25, 0.3) is 5.91 Å². The summed E-state index contributed by atoms with van der Waals surface area (Å²) in [5, 5.41) is 33.4. The van der Waals surface area contributed by atoms with Crippen LogP contribution >= 0.6 is 0 Å². The largest absolute Gasteiger partial charge is 0.508 e. The molecule has 7 nitrogen and oxygen atoms in total. The molecule has 0 saturated heterocycles. The van der Waals surface area contributed by atoms with Crippen LogP contribution in [-0.4, -0.2) is 39.3 Å². The second kappa shape index (κ2) is 11.0. The van der Waals surface area contributed by atoms with Gasteiger partial charge in [-0.1, -0.05) is 43.2 Å². The first kappa shape index (κ1) is 24.1. The van der Waals surface area contributed by atoms with Gasteiger partial charge in [-0.05, 0) is 61.2 Å². The van der Waals surface area contributed by atoms with E-state index < -0.39 is 12.1 Å². The van der Waals surface area contributed by atoms with Crippen molar-refractivity contribution in [1.29, 1.82) is 0 Å². The summed E-state index contributed by atoms with van der Waals surface area (Å²) in [6.45, 7) is 0. The molecule has 0 bridgehead atoms. The van der Waals surface area contributed by atoms with Crippen LogP contribution in [0.5, 0.6) is 17.2 Å². The number of carbonyl (C=O) groups excluding carboxylic acids is 2. The number of amides is 1. The third kappa shape index (κ3) is 6.12. The van der Waals surface area contributed by atoms with Crippen LogP contribution in [-0.2, 0) is 11.2 Å². The number of aromatic hydroxyl groups is 3. The molecule has 0 heterocycles. The minimum atomic E-state index is -0.669. The van der Waals surface area contributed by atoms with Crippen LogP contribution in [0.4, 0.5) is 0 Å². The molecule has 0 spiro atoms. The molecule has 4 N–H and O–H groups in total. The third-order valence-electron chi connectivity index (χ3n) is 6.32. The van der Waals surface area contributed by atoms with Crippen molar-refractivity contribution >= 4 is 11.9 Å². The molecular formula is C28H29NO6. The lowest BCUT2D eigenvalue weighted by Crippen LogP contribution is -2.44. The van der Waals surface area contributed by atoms with Crippen molar-refractivity contribution in [2.45, 2.75) is 50.7 Å². The van der Waals surface area contributed by atoms with Crippen molar-refractivity contribution in [2.24, 2.45) is 0 Å². The first-order valence-electron chi connectivity index (χ1n) is 11.8. The Hall–Kier alpha value is -4.00. The molecule has 0 aromatic heterocycles. The average Bonchev–Trinajstić information content (AvgIpc) is 3.07. The molecule has 1 saturated carbocycles. The Morgan fingerprint density at radius 3 is 2.17 bits per heavy atom. The van der Waals surface area contributed by atoms with Gasteiger partial charge >= 0.3 is 5.97 Å². The summed E-state index contributed by atoms with van der Waals surface area (Å²) in [5.74, 6) is -1.27. The van der Waals surface area contributed by atoms with Crippen LogP contribution < -0.4 is 5.32 Å². The lowest BCUT2D eigenvalue weighted by molar-refractivity contribution is 0.0178. The lowest BCUT2D eigenvalue weighted by atomic mass is 10.0. The average molecular weight is 476 g/mol. The Balaban J connectivity index is 1.47. The summed E-state index contributed by atoms with van der Waals surface area (Å²) in [5.41, 5.74) is 1.70. The molecule has 2 atom stereocenters. The first-order valence-corrected chi connectivity index (χ1v) is 11.8. The van der Waals surface area contributed by atoms with Gasteiger partial charge in [0.1, 0.15) is 23.4 Å². The van der Waals surface area contributed by atoms with Crippen molar-refractivity contribution in [2.75, 3.05) is 0 Å². The maximum Gasteiger partial charge on any atom is 0.338 e. The minimum absolute atomic E-state index is 0.0460. The SMILES string of the molecule is O=C(N[C@@H]1CCCCC[C@H]1OC(=O)c1cc(O)c(Cc2ccccc2)c(O)c1)c1ccc(O)cc1. The molecule has 1 aliphatic rings. The molecule has 1 fully saturated rings. The molecule has 35 heavy (non-hydrogen) atoms. The highest BCUT2D eigenvalue weighted by Gasteiger charge is 2.29. The zero-order valence-electron chi connectivity index (χ0n) is 19.3. The van der Waals surface area contributed by atoms with Gasteiger partial charge in [-0.3, -0.25) is 4.79 Å². The van der Waals surface area contributed by atoms with Gasteiger partial charge in [-0.25, -0.2) is 4.79 Å². The maximum atomic E-state index is 13.0. The number of hydrogen-bond donors (Lipinski definition) is 4. The molecule has 4 rings (SSSR count). The van der Waals surface area contributed by atoms with Crippen LogP contribution in [0.1, 0.15) is 63.9 Å². The van der Waals surface area contributed by atoms with E-state index in [4.69, 9.17) is 4.74 Å². The second-order valence-corrected chi connectivity index (χ2v) is 8.86.